The molecule has 21 heavy (non-hydrogen) atoms. The van der Waals surface area contributed by atoms with Crippen molar-refractivity contribution in [2.45, 2.75) is 38.1 Å². The number of rotatable bonds is 4. The summed E-state index contributed by atoms with van der Waals surface area (Å²) in [5.41, 5.74) is 7.21. The van der Waals surface area contributed by atoms with Crippen LogP contribution in [0.3, 0.4) is 0 Å². The van der Waals surface area contributed by atoms with Crippen molar-refractivity contribution in [2.24, 2.45) is 11.7 Å². The van der Waals surface area contributed by atoms with Crippen LogP contribution in [0, 0.1) is 5.92 Å². The van der Waals surface area contributed by atoms with Gasteiger partial charge in [-0.3, -0.25) is 9.89 Å². The van der Waals surface area contributed by atoms with Crippen LogP contribution in [0.15, 0.2) is 24.3 Å². The van der Waals surface area contributed by atoms with E-state index in [-0.39, 0.29) is 11.9 Å². The van der Waals surface area contributed by atoms with Crippen molar-refractivity contribution in [2.75, 3.05) is 6.54 Å². The minimum Gasteiger partial charge on any atom is -0.346 e. The zero-order valence-electron chi connectivity index (χ0n) is 12.1. The lowest BCUT2D eigenvalue weighted by Crippen LogP contribution is -2.46. The van der Waals surface area contributed by atoms with Crippen LogP contribution in [0.1, 0.15) is 42.6 Å². The zero-order chi connectivity index (χ0) is 14.7. The number of aromatic nitrogens is 2. The Kier molecular flexibility index (Phi) is 4.20. The molecule has 1 aromatic carbocycles. The predicted molar refractivity (Wildman–Crippen MR) is 83.0 cm³/mol. The van der Waals surface area contributed by atoms with Crippen molar-refractivity contribution in [3.8, 4) is 0 Å². The topological polar surface area (TPSA) is 83.8 Å². The first kappa shape index (κ1) is 14.1. The molecule has 2 aromatic rings. The Morgan fingerprint density at radius 1 is 1.33 bits per heavy atom. The number of carbonyl (C=O) groups is 1. The van der Waals surface area contributed by atoms with Gasteiger partial charge in [0.05, 0.1) is 5.52 Å². The third-order valence-corrected chi connectivity index (χ3v) is 4.47. The highest BCUT2D eigenvalue weighted by atomic mass is 16.2. The number of fused-ring (bicyclic) bond motifs is 1. The van der Waals surface area contributed by atoms with Gasteiger partial charge in [0.2, 0.25) is 0 Å². The van der Waals surface area contributed by atoms with Crippen LogP contribution in [0.2, 0.25) is 0 Å². The lowest BCUT2D eigenvalue weighted by atomic mass is 9.84. The number of para-hydroxylation sites is 1. The molecule has 0 radical (unpaired) electrons. The number of H-pyrrole nitrogens is 1. The molecule has 1 unspecified atom stereocenters. The van der Waals surface area contributed by atoms with Crippen molar-refractivity contribution >= 4 is 16.8 Å². The fourth-order valence-electron chi connectivity index (χ4n) is 3.28. The molecule has 1 amide bonds. The number of amides is 1. The van der Waals surface area contributed by atoms with Gasteiger partial charge < -0.3 is 11.1 Å². The van der Waals surface area contributed by atoms with Crippen LogP contribution in [-0.4, -0.2) is 28.7 Å². The molecule has 0 bridgehead atoms. The van der Waals surface area contributed by atoms with Crippen molar-refractivity contribution in [1.82, 2.24) is 15.5 Å². The maximum atomic E-state index is 12.5. The van der Waals surface area contributed by atoms with Crippen LogP contribution in [0.5, 0.6) is 0 Å². The molecule has 1 saturated carbocycles. The number of benzene rings is 1. The molecule has 5 nitrogen and oxygen atoms in total. The molecular weight excluding hydrogens is 264 g/mol. The van der Waals surface area contributed by atoms with E-state index in [1.807, 2.05) is 24.3 Å². The number of nitrogens with one attached hydrogen (secondary N) is 2. The van der Waals surface area contributed by atoms with Crippen molar-refractivity contribution in [3.63, 3.8) is 0 Å². The van der Waals surface area contributed by atoms with Gasteiger partial charge in [0.1, 0.15) is 0 Å². The quantitative estimate of drug-likeness (QED) is 0.805. The SMILES string of the molecule is NCC(NC(=O)c1n[nH]c2ccccc12)C1CCCCC1. The van der Waals surface area contributed by atoms with Crippen molar-refractivity contribution in [3.05, 3.63) is 30.0 Å². The highest BCUT2D eigenvalue weighted by Gasteiger charge is 2.25. The second-order valence-corrected chi connectivity index (χ2v) is 5.83. The summed E-state index contributed by atoms with van der Waals surface area (Å²) in [7, 11) is 0. The van der Waals surface area contributed by atoms with E-state index in [4.69, 9.17) is 5.73 Å². The molecule has 4 N–H and O–H groups in total. The molecule has 1 aromatic heterocycles. The monoisotopic (exact) mass is 286 g/mol. The molecular formula is C16H22N4O. The van der Waals surface area contributed by atoms with E-state index < -0.39 is 0 Å². The molecule has 1 aliphatic rings. The van der Waals surface area contributed by atoms with Gasteiger partial charge in [-0.1, -0.05) is 37.5 Å². The number of aromatic amines is 1. The summed E-state index contributed by atoms with van der Waals surface area (Å²) in [6.07, 6.45) is 6.09. The van der Waals surface area contributed by atoms with Crippen LogP contribution < -0.4 is 11.1 Å². The summed E-state index contributed by atoms with van der Waals surface area (Å²) in [5.74, 6) is 0.367. The lowest BCUT2D eigenvalue weighted by Gasteiger charge is -2.29. The molecule has 1 fully saturated rings. The molecule has 0 spiro atoms. The van der Waals surface area contributed by atoms with E-state index >= 15 is 0 Å². The number of nitrogens with zero attached hydrogens (tertiary/aromatic N) is 1. The fraction of sp³-hybridized carbons (Fsp3) is 0.500. The first-order chi connectivity index (χ1) is 10.3. The maximum absolute atomic E-state index is 12.5. The molecule has 112 valence electrons. The van der Waals surface area contributed by atoms with E-state index in [0.717, 1.165) is 23.7 Å². The minimum atomic E-state index is -0.131. The number of hydrogen-bond acceptors (Lipinski definition) is 3. The average Bonchev–Trinajstić information content (AvgIpc) is 2.97. The average molecular weight is 286 g/mol. The maximum Gasteiger partial charge on any atom is 0.272 e. The lowest BCUT2D eigenvalue weighted by molar-refractivity contribution is 0.0912. The van der Waals surface area contributed by atoms with Gasteiger partial charge in [0.25, 0.3) is 5.91 Å². The third-order valence-electron chi connectivity index (χ3n) is 4.47. The van der Waals surface area contributed by atoms with E-state index in [1.165, 1.54) is 19.3 Å². The Balaban J connectivity index is 1.75. The van der Waals surface area contributed by atoms with Crippen LogP contribution in [0.25, 0.3) is 10.9 Å². The van der Waals surface area contributed by atoms with Gasteiger partial charge in [-0.25, -0.2) is 0 Å². The summed E-state index contributed by atoms with van der Waals surface area (Å²) in [6.45, 7) is 0.485. The smallest absolute Gasteiger partial charge is 0.272 e. The summed E-state index contributed by atoms with van der Waals surface area (Å²) in [6, 6.07) is 7.71. The summed E-state index contributed by atoms with van der Waals surface area (Å²) in [5, 5.41) is 11.0. The second kappa shape index (κ2) is 6.26. The first-order valence-electron chi connectivity index (χ1n) is 7.73. The largest absolute Gasteiger partial charge is 0.346 e. The van der Waals surface area contributed by atoms with E-state index in [2.05, 4.69) is 15.5 Å². The van der Waals surface area contributed by atoms with E-state index in [1.54, 1.807) is 0 Å². The van der Waals surface area contributed by atoms with Gasteiger partial charge in [0.15, 0.2) is 5.69 Å². The van der Waals surface area contributed by atoms with Gasteiger partial charge in [-0.05, 0) is 24.8 Å². The minimum absolute atomic E-state index is 0.0493. The molecule has 3 rings (SSSR count). The van der Waals surface area contributed by atoms with Crippen LogP contribution >= 0.6 is 0 Å². The summed E-state index contributed by atoms with van der Waals surface area (Å²) < 4.78 is 0. The standard InChI is InChI=1S/C16H22N4O/c17-10-14(11-6-2-1-3-7-11)18-16(21)15-12-8-4-5-9-13(12)19-20-15/h4-5,8-9,11,14H,1-3,6-7,10,17H2,(H,18,21)(H,19,20). The molecule has 1 heterocycles. The Labute approximate surface area is 124 Å². The highest BCUT2D eigenvalue weighted by molar-refractivity contribution is 6.04. The van der Waals surface area contributed by atoms with Crippen LogP contribution in [0.4, 0.5) is 0 Å². The molecule has 0 saturated heterocycles. The molecule has 1 aliphatic carbocycles. The third kappa shape index (κ3) is 2.93. The fourth-order valence-corrected chi connectivity index (χ4v) is 3.28. The molecule has 0 aliphatic heterocycles. The Bertz CT molecular complexity index is 616. The first-order valence-corrected chi connectivity index (χ1v) is 7.73. The predicted octanol–water partition coefficient (Wildman–Crippen LogP) is 2.20. The van der Waals surface area contributed by atoms with Gasteiger partial charge in [-0.2, -0.15) is 5.10 Å². The summed E-state index contributed by atoms with van der Waals surface area (Å²) in [4.78, 5) is 12.5. The number of nitrogens with two attached hydrogens (primary N) is 1. The van der Waals surface area contributed by atoms with Gasteiger partial charge >= 0.3 is 0 Å². The Hall–Kier alpha value is -1.88. The van der Waals surface area contributed by atoms with Crippen molar-refractivity contribution in [1.29, 1.82) is 0 Å². The van der Waals surface area contributed by atoms with Crippen molar-refractivity contribution < 1.29 is 4.79 Å². The Morgan fingerprint density at radius 3 is 2.86 bits per heavy atom. The normalized spacial score (nSPS) is 17.8. The zero-order valence-corrected chi connectivity index (χ0v) is 12.1. The number of hydrogen-bond donors (Lipinski definition) is 3. The molecule has 1 atom stereocenters. The van der Waals surface area contributed by atoms with Crippen LogP contribution in [-0.2, 0) is 0 Å². The Morgan fingerprint density at radius 2 is 2.10 bits per heavy atom. The van der Waals surface area contributed by atoms with Gasteiger partial charge in [-0.15, -0.1) is 0 Å². The summed E-state index contributed by atoms with van der Waals surface area (Å²) >= 11 is 0. The molecule has 5 heteroatoms. The van der Waals surface area contributed by atoms with E-state index in [0.29, 0.717) is 18.2 Å². The van der Waals surface area contributed by atoms with Gasteiger partial charge in [0, 0.05) is 18.0 Å². The highest BCUT2D eigenvalue weighted by Crippen LogP contribution is 2.26. The van der Waals surface area contributed by atoms with E-state index in [9.17, 15) is 4.79 Å². The second-order valence-electron chi connectivity index (χ2n) is 5.83. The number of carbonyl (C=O) groups excluding carboxylic acids is 1.